The summed E-state index contributed by atoms with van der Waals surface area (Å²) in [6, 6.07) is 14.0. The van der Waals surface area contributed by atoms with Crippen LogP contribution in [-0.2, 0) is 11.2 Å². The number of carbonyl (C=O) groups excluding carboxylic acids is 1. The first kappa shape index (κ1) is 18.5. The third kappa shape index (κ3) is 4.68. The van der Waals surface area contributed by atoms with Crippen molar-refractivity contribution in [2.24, 2.45) is 0 Å². The lowest BCUT2D eigenvalue weighted by atomic mass is 10.1. The van der Waals surface area contributed by atoms with Gasteiger partial charge in [0.2, 0.25) is 0 Å². The van der Waals surface area contributed by atoms with E-state index in [1.54, 1.807) is 6.07 Å². The number of nitrogens with one attached hydrogen (secondary N) is 1. The van der Waals surface area contributed by atoms with Crippen LogP contribution in [0, 0.1) is 10.1 Å². The minimum absolute atomic E-state index is 0.0495. The Morgan fingerprint density at radius 1 is 1.22 bits per heavy atom. The summed E-state index contributed by atoms with van der Waals surface area (Å²) in [5.74, 6) is -0.385. The molecule has 0 aliphatic carbocycles. The third-order valence-electron chi connectivity index (χ3n) is 3.83. The SMILES string of the molecule is CCc1ccc(-c2csc(NC(=O)COc3ccccc3[N+](=O)[O-])n2)cc1. The van der Waals surface area contributed by atoms with Gasteiger partial charge in [-0.3, -0.25) is 20.2 Å². The van der Waals surface area contributed by atoms with Gasteiger partial charge >= 0.3 is 5.69 Å². The number of anilines is 1. The summed E-state index contributed by atoms with van der Waals surface area (Å²) in [4.78, 5) is 26.9. The monoisotopic (exact) mass is 383 g/mol. The highest BCUT2D eigenvalue weighted by Crippen LogP contribution is 2.27. The minimum Gasteiger partial charge on any atom is -0.477 e. The molecule has 1 amide bonds. The number of aryl methyl sites for hydroxylation is 1. The van der Waals surface area contributed by atoms with Gasteiger partial charge in [-0.25, -0.2) is 4.98 Å². The summed E-state index contributed by atoms with van der Waals surface area (Å²) in [6.45, 7) is 1.75. The van der Waals surface area contributed by atoms with Crippen LogP contribution in [0.15, 0.2) is 53.9 Å². The second kappa shape index (κ2) is 8.41. The van der Waals surface area contributed by atoms with Crippen molar-refractivity contribution in [3.63, 3.8) is 0 Å². The van der Waals surface area contributed by atoms with Crippen molar-refractivity contribution >= 4 is 28.1 Å². The van der Waals surface area contributed by atoms with Gasteiger partial charge in [-0.05, 0) is 18.1 Å². The average molecular weight is 383 g/mol. The molecule has 1 heterocycles. The summed E-state index contributed by atoms with van der Waals surface area (Å²) in [5.41, 5.74) is 2.81. The van der Waals surface area contributed by atoms with Gasteiger partial charge in [0.1, 0.15) is 0 Å². The Hall–Kier alpha value is -3.26. The molecule has 7 nitrogen and oxygen atoms in total. The summed E-state index contributed by atoms with van der Waals surface area (Å²) < 4.78 is 5.27. The molecule has 0 spiro atoms. The van der Waals surface area contributed by atoms with E-state index in [1.807, 2.05) is 29.6 Å². The molecule has 2 aromatic carbocycles. The molecule has 0 unspecified atom stereocenters. The zero-order valence-corrected chi connectivity index (χ0v) is 15.4. The number of benzene rings is 2. The fraction of sp³-hybridized carbons (Fsp3) is 0.158. The maximum Gasteiger partial charge on any atom is 0.310 e. The minimum atomic E-state index is -0.551. The molecule has 0 aliphatic heterocycles. The molecule has 27 heavy (non-hydrogen) atoms. The quantitative estimate of drug-likeness (QED) is 0.485. The Bertz CT molecular complexity index is 954. The zero-order chi connectivity index (χ0) is 19.2. The summed E-state index contributed by atoms with van der Waals surface area (Å²) in [6.07, 6.45) is 0.970. The first-order chi connectivity index (χ1) is 13.1. The van der Waals surface area contributed by atoms with E-state index in [4.69, 9.17) is 4.74 Å². The molecule has 0 aliphatic rings. The number of hydrogen-bond acceptors (Lipinski definition) is 6. The summed E-state index contributed by atoms with van der Waals surface area (Å²) in [7, 11) is 0. The molecule has 138 valence electrons. The Balaban J connectivity index is 1.60. The Morgan fingerprint density at radius 3 is 2.67 bits per heavy atom. The number of thiazole rings is 1. The number of hydrogen-bond donors (Lipinski definition) is 1. The lowest BCUT2D eigenvalue weighted by Gasteiger charge is -2.06. The van der Waals surface area contributed by atoms with Crippen LogP contribution in [0.5, 0.6) is 5.75 Å². The van der Waals surface area contributed by atoms with Crippen LogP contribution < -0.4 is 10.1 Å². The van der Waals surface area contributed by atoms with Crippen molar-refractivity contribution in [3.05, 3.63) is 69.6 Å². The molecule has 0 radical (unpaired) electrons. The highest BCUT2D eigenvalue weighted by Gasteiger charge is 2.15. The highest BCUT2D eigenvalue weighted by molar-refractivity contribution is 7.14. The molecule has 0 fully saturated rings. The van der Waals surface area contributed by atoms with Crippen molar-refractivity contribution in [1.29, 1.82) is 0 Å². The number of rotatable bonds is 7. The van der Waals surface area contributed by atoms with Gasteiger partial charge < -0.3 is 4.74 Å². The van der Waals surface area contributed by atoms with Crippen LogP contribution >= 0.6 is 11.3 Å². The molecular weight excluding hydrogens is 366 g/mol. The van der Waals surface area contributed by atoms with Crippen LogP contribution in [-0.4, -0.2) is 22.4 Å². The van der Waals surface area contributed by atoms with Crippen molar-refractivity contribution in [3.8, 4) is 17.0 Å². The smallest absolute Gasteiger partial charge is 0.310 e. The van der Waals surface area contributed by atoms with E-state index in [0.29, 0.717) is 5.13 Å². The molecule has 1 N–H and O–H groups in total. The second-order valence-electron chi connectivity index (χ2n) is 5.65. The zero-order valence-electron chi connectivity index (χ0n) is 14.5. The van der Waals surface area contributed by atoms with E-state index in [-0.39, 0.29) is 18.0 Å². The Labute approximate surface area is 159 Å². The Kier molecular flexibility index (Phi) is 5.77. The number of aromatic nitrogens is 1. The maximum absolute atomic E-state index is 12.1. The summed E-state index contributed by atoms with van der Waals surface area (Å²) >= 11 is 1.31. The van der Waals surface area contributed by atoms with Crippen LogP contribution in [0.1, 0.15) is 12.5 Å². The predicted octanol–water partition coefficient (Wildman–Crippen LogP) is 4.30. The van der Waals surface area contributed by atoms with Gasteiger partial charge in [0.15, 0.2) is 17.5 Å². The Morgan fingerprint density at radius 2 is 1.96 bits per heavy atom. The van der Waals surface area contributed by atoms with E-state index in [1.165, 1.54) is 35.1 Å². The van der Waals surface area contributed by atoms with Gasteiger partial charge in [-0.15, -0.1) is 11.3 Å². The maximum atomic E-state index is 12.1. The molecule has 0 saturated heterocycles. The van der Waals surface area contributed by atoms with Crippen LogP contribution in [0.25, 0.3) is 11.3 Å². The van der Waals surface area contributed by atoms with E-state index in [2.05, 4.69) is 17.2 Å². The second-order valence-corrected chi connectivity index (χ2v) is 6.51. The van der Waals surface area contributed by atoms with E-state index >= 15 is 0 Å². The number of nitro benzene ring substituents is 1. The molecular formula is C19H17N3O4S. The predicted molar refractivity (Wildman–Crippen MR) is 104 cm³/mol. The van der Waals surface area contributed by atoms with Crippen LogP contribution in [0.2, 0.25) is 0 Å². The van der Waals surface area contributed by atoms with Gasteiger partial charge in [0.25, 0.3) is 5.91 Å². The van der Waals surface area contributed by atoms with Gasteiger partial charge in [0, 0.05) is 17.0 Å². The molecule has 0 atom stereocenters. The van der Waals surface area contributed by atoms with E-state index < -0.39 is 10.8 Å². The van der Waals surface area contributed by atoms with Crippen molar-refractivity contribution in [1.82, 2.24) is 4.98 Å². The topological polar surface area (TPSA) is 94.4 Å². The number of nitro groups is 1. The third-order valence-corrected chi connectivity index (χ3v) is 4.59. The number of amides is 1. The van der Waals surface area contributed by atoms with Crippen LogP contribution in [0.4, 0.5) is 10.8 Å². The fourth-order valence-corrected chi connectivity index (χ4v) is 3.14. The standard InChI is InChI=1S/C19H17N3O4S/c1-2-13-7-9-14(10-8-13)15-12-27-19(20-15)21-18(23)11-26-17-6-4-3-5-16(17)22(24)25/h3-10,12H,2,11H2,1H3,(H,20,21,23). The fourth-order valence-electron chi connectivity index (χ4n) is 2.40. The number of para-hydroxylation sites is 2. The molecule has 0 bridgehead atoms. The average Bonchev–Trinajstić information content (AvgIpc) is 3.15. The largest absolute Gasteiger partial charge is 0.477 e. The lowest BCUT2D eigenvalue weighted by Crippen LogP contribution is -2.20. The highest BCUT2D eigenvalue weighted by atomic mass is 32.1. The van der Waals surface area contributed by atoms with Crippen LogP contribution in [0.3, 0.4) is 0 Å². The lowest BCUT2D eigenvalue weighted by molar-refractivity contribution is -0.385. The first-order valence-corrected chi connectivity index (χ1v) is 9.15. The number of carbonyl (C=O) groups is 1. The first-order valence-electron chi connectivity index (χ1n) is 8.27. The normalized spacial score (nSPS) is 10.4. The molecule has 1 aromatic heterocycles. The summed E-state index contributed by atoms with van der Waals surface area (Å²) in [5, 5.41) is 15.9. The van der Waals surface area contributed by atoms with Gasteiger partial charge in [-0.2, -0.15) is 0 Å². The molecule has 0 saturated carbocycles. The van der Waals surface area contributed by atoms with Crippen molar-refractivity contribution < 1.29 is 14.5 Å². The molecule has 3 rings (SSSR count). The van der Waals surface area contributed by atoms with Gasteiger partial charge in [-0.1, -0.05) is 43.3 Å². The van der Waals surface area contributed by atoms with Gasteiger partial charge in [0.05, 0.1) is 10.6 Å². The van der Waals surface area contributed by atoms with E-state index in [0.717, 1.165) is 17.7 Å². The number of nitrogens with zero attached hydrogens (tertiary/aromatic N) is 2. The van der Waals surface area contributed by atoms with Crippen molar-refractivity contribution in [2.45, 2.75) is 13.3 Å². The van der Waals surface area contributed by atoms with E-state index in [9.17, 15) is 14.9 Å². The number of ether oxygens (including phenoxy) is 1. The van der Waals surface area contributed by atoms with Crippen molar-refractivity contribution in [2.75, 3.05) is 11.9 Å². The molecule has 3 aromatic rings. The molecule has 8 heteroatoms.